The fourth-order valence-electron chi connectivity index (χ4n) is 2.34. The van der Waals surface area contributed by atoms with Crippen molar-refractivity contribution in [2.24, 2.45) is 0 Å². The van der Waals surface area contributed by atoms with E-state index in [4.69, 9.17) is 0 Å². The molecular weight excluding hydrogens is 348 g/mol. The van der Waals surface area contributed by atoms with Crippen LogP contribution in [0.3, 0.4) is 0 Å². The van der Waals surface area contributed by atoms with Gasteiger partial charge in [-0.05, 0) is 11.1 Å². The van der Waals surface area contributed by atoms with Crippen LogP contribution in [-0.4, -0.2) is 32.0 Å². The van der Waals surface area contributed by atoms with Gasteiger partial charge in [-0.1, -0.05) is 36.4 Å². The maximum absolute atomic E-state index is 11.4. The van der Waals surface area contributed by atoms with Gasteiger partial charge in [-0.3, -0.25) is 20.2 Å². The van der Waals surface area contributed by atoms with Crippen molar-refractivity contribution in [1.29, 1.82) is 0 Å². The van der Waals surface area contributed by atoms with Crippen LogP contribution in [0.2, 0.25) is 0 Å². The first kappa shape index (κ1) is 18.3. The number of benzene rings is 2. The van der Waals surface area contributed by atoms with E-state index >= 15 is 0 Å². The molecule has 10 nitrogen and oxygen atoms in total. The van der Waals surface area contributed by atoms with Crippen molar-refractivity contribution < 1.29 is 29.6 Å². The lowest BCUT2D eigenvalue weighted by Crippen LogP contribution is -2.06. The van der Waals surface area contributed by atoms with Crippen molar-refractivity contribution >= 4 is 35.5 Å². The largest absolute Gasteiger partial charge is 0.477 e. The highest BCUT2D eigenvalue weighted by atomic mass is 16.6. The van der Waals surface area contributed by atoms with Gasteiger partial charge in [0.25, 0.3) is 11.4 Å². The van der Waals surface area contributed by atoms with E-state index in [1.807, 2.05) is 0 Å². The highest BCUT2D eigenvalue weighted by Gasteiger charge is 2.24. The quantitative estimate of drug-likeness (QED) is 0.452. The SMILES string of the molecule is O=C(O)c1c(/C=C/c2cccc([N+](=O)[O-])c2C(=O)O)cccc1[N+](=O)[O-]. The minimum atomic E-state index is -1.53. The van der Waals surface area contributed by atoms with E-state index in [2.05, 4.69) is 0 Å². The number of aromatic carboxylic acids is 2. The summed E-state index contributed by atoms with van der Waals surface area (Å²) in [6, 6.07) is 7.19. The Balaban J connectivity index is 2.62. The molecule has 26 heavy (non-hydrogen) atoms. The molecule has 0 spiro atoms. The van der Waals surface area contributed by atoms with Crippen LogP contribution in [0.25, 0.3) is 12.2 Å². The molecular formula is C16H10N2O8. The molecule has 2 aromatic carbocycles. The predicted octanol–water partition coefficient (Wildman–Crippen LogP) is 3.07. The van der Waals surface area contributed by atoms with Crippen LogP contribution in [0.15, 0.2) is 36.4 Å². The average molecular weight is 358 g/mol. The molecule has 0 aliphatic rings. The Morgan fingerprint density at radius 3 is 1.38 bits per heavy atom. The second kappa shape index (κ2) is 7.21. The van der Waals surface area contributed by atoms with E-state index in [1.54, 1.807) is 0 Å². The van der Waals surface area contributed by atoms with Gasteiger partial charge in [0, 0.05) is 12.1 Å². The molecule has 0 bridgehead atoms. The summed E-state index contributed by atoms with van der Waals surface area (Å²) in [4.78, 5) is 43.0. The van der Waals surface area contributed by atoms with E-state index in [-0.39, 0.29) is 11.1 Å². The number of hydrogen-bond acceptors (Lipinski definition) is 6. The molecule has 2 rings (SSSR count). The first-order valence-corrected chi connectivity index (χ1v) is 6.93. The maximum Gasteiger partial charge on any atom is 0.343 e. The number of nitrogens with zero attached hydrogens (tertiary/aromatic N) is 2. The van der Waals surface area contributed by atoms with Gasteiger partial charge in [0.15, 0.2) is 0 Å². The zero-order valence-corrected chi connectivity index (χ0v) is 12.9. The van der Waals surface area contributed by atoms with Crippen molar-refractivity contribution in [3.05, 3.63) is 78.9 Å². The lowest BCUT2D eigenvalue weighted by atomic mass is 10.0. The normalized spacial score (nSPS) is 10.6. The van der Waals surface area contributed by atoms with Gasteiger partial charge in [-0.2, -0.15) is 0 Å². The first-order valence-electron chi connectivity index (χ1n) is 6.93. The standard InChI is InChI=1S/C16H10N2O8/c19-15(20)13-9(3-1-5-11(13)17(23)24)7-8-10-4-2-6-12(18(25)26)14(10)16(21)22/h1-8H,(H,19,20)(H,21,22)/b8-7+. The Morgan fingerprint density at radius 2 is 1.12 bits per heavy atom. The highest BCUT2D eigenvalue weighted by Crippen LogP contribution is 2.27. The number of nitro benzene ring substituents is 2. The molecule has 0 saturated carbocycles. The zero-order valence-electron chi connectivity index (χ0n) is 12.9. The lowest BCUT2D eigenvalue weighted by molar-refractivity contribution is -0.385. The number of nitro groups is 2. The molecule has 0 saturated heterocycles. The van der Waals surface area contributed by atoms with Gasteiger partial charge in [0.2, 0.25) is 0 Å². The van der Waals surface area contributed by atoms with Gasteiger partial charge >= 0.3 is 11.9 Å². The summed E-state index contributed by atoms with van der Waals surface area (Å²) >= 11 is 0. The van der Waals surface area contributed by atoms with Crippen LogP contribution in [0.4, 0.5) is 11.4 Å². The van der Waals surface area contributed by atoms with Crippen LogP contribution in [0.1, 0.15) is 31.8 Å². The van der Waals surface area contributed by atoms with Crippen molar-refractivity contribution in [3.8, 4) is 0 Å². The second-order valence-corrected chi connectivity index (χ2v) is 4.94. The van der Waals surface area contributed by atoms with Gasteiger partial charge in [0.05, 0.1) is 9.85 Å². The summed E-state index contributed by atoms with van der Waals surface area (Å²) in [6.45, 7) is 0. The Labute approximate surface area is 144 Å². The third-order valence-corrected chi connectivity index (χ3v) is 3.41. The predicted molar refractivity (Wildman–Crippen MR) is 89.0 cm³/mol. The smallest absolute Gasteiger partial charge is 0.343 e. The van der Waals surface area contributed by atoms with Crippen LogP contribution >= 0.6 is 0 Å². The summed E-state index contributed by atoms with van der Waals surface area (Å²) < 4.78 is 0. The maximum atomic E-state index is 11.4. The molecule has 0 unspecified atom stereocenters. The fourth-order valence-corrected chi connectivity index (χ4v) is 2.34. The molecule has 10 heteroatoms. The summed E-state index contributed by atoms with van der Waals surface area (Å²) in [7, 11) is 0. The van der Waals surface area contributed by atoms with Crippen molar-refractivity contribution in [1.82, 2.24) is 0 Å². The molecule has 0 heterocycles. The Bertz CT molecular complexity index is 887. The second-order valence-electron chi connectivity index (χ2n) is 4.94. The molecule has 0 aliphatic heterocycles. The van der Waals surface area contributed by atoms with E-state index < -0.39 is 44.3 Å². The van der Waals surface area contributed by atoms with Crippen LogP contribution < -0.4 is 0 Å². The number of carbonyl (C=O) groups is 2. The minimum absolute atomic E-state index is 0.0467. The van der Waals surface area contributed by atoms with Crippen LogP contribution in [0.5, 0.6) is 0 Å². The molecule has 0 radical (unpaired) electrons. The van der Waals surface area contributed by atoms with E-state index in [9.17, 15) is 40.0 Å². The van der Waals surface area contributed by atoms with Crippen LogP contribution in [0, 0.1) is 20.2 Å². The van der Waals surface area contributed by atoms with E-state index in [0.29, 0.717) is 0 Å². The van der Waals surface area contributed by atoms with Crippen molar-refractivity contribution in [3.63, 3.8) is 0 Å². The Morgan fingerprint density at radius 1 is 0.769 bits per heavy atom. The average Bonchev–Trinajstić information content (AvgIpc) is 2.58. The Hall–Kier alpha value is -4.08. The van der Waals surface area contributed by atoms with Crippen LogP contribution in [-0.2, 0) is 0 Å². The van der Waals surface area contributed by atoms with Crippen molar-refractivity contribution in [2.45, 2.75) is 0 Å². The molecule has 0 aliphatic carbocycles. The topological polar surface area (TPSA) is 161 Å². The third-order valence-electron chi connectivity index (χ3n) is 3.41. The number of rotatable bonds is 6. The monoisotopic (exact) mass is 358 g/mol. The van der Waals surface area contributed by atoms with Gasteiger partial charge in [-0.15, -0.1) is 0 Å². The summed E-state index contributed by atoms with van der Waals surface area (Å²) in [5.41, 5.74) is -2.49. The van der Waals surface area contributed by atoms with Gasteiger partial charge < -0.3 is 10.2 Å². The molecule has 2 N–H and O–H groups in total. The minimum Gasteiger partial charge on any atom is -0.477 e. The zero-order chi connectivity index (χ0) is 19.4. The molecule has 0 aromatic heterocycles. The molecule has 0 fully saturated rings. The molecule has 132 valence electrons. The van der Waals surface area contributed by atoms with Gasteiger partial charge in [0.1, 0.15) is 11.1 Å². The van der Waals surface area contributed by atoms with Gasteiger partial charge in [-0.25, -0.2) is 9.59 Å². The van der Waals surface area contributed by atoms with E-state index in [0.717, 1.165) is 24.3 Å². The summed E-state index contributed by atoms with van der Waals surface area (Å²) in [5, 5.41) is 40.4. The number of carboxylic acid groups (broad SMARTS) is 2. The molecule has 0 atom stereocenters. The highest BCUT2D eigenvalue weighted by molar-refractivity contribution is 6.00. The number of carboxylic acids is 2. The lowest BCUT2D eigenvalue weighted by Gasteiger charge is -2.04. The molecule has 0 amide bonds. The Kier molecular flexibility index (Phi) is 5.07. The van der Waals surface area contributed by atoms with E-state index in [1.165, 1.54) is 24.3 Å². The third kappa shape index (κ3) is 3.53. The fraction of sp³-hybridized carbons (Fsp3) is 0. The molecule has 2 aromatic rings. The number of hydrogen-bond donors (Lipinski definition) is 2. The summed E-state index contributed by atoms with van der Waals surface area (Å²) in [5.74, 6) is -3.07. The van der Waals surface area contributed by atoms with Crippen molar-refractivity contribution in [2.75, 3.05) is 0 Å². The first-order chi connectivity index (χ1) is 12.2. The summed E-state index contributed by atoms with van der Waals surface area (Å²) in [6.07, 6.45) is 2.31.